The number of carbonyl (C=O) groups excluding carboxylic acids is 1. The van der Waals surface area contributed by atoms with Crippen molar-refractivity contribution in [2.75, 3.05) is 18.4 Å². The van der Waals surface area contributed by atoms with Gasteiger partial charge in [-0.25, -0.2) is 0 Å². The summed E-state index contributed by atoms with van der Waals surface area (Å²) in [6.45, 7) is 3.67. The molecule has 0 aromatic heterocycles. The molecule has 0 spiro atoms. The normalized spacial score (nSPS) is 22.5. The van der Waals surface area contributed by atoms with E-state index in [1.54, 1.807) is 18.2 Å². The van der Waals surface area contributed by atoms with E-state index in [-0.39, 0.29) is 11.8 Å². The maximum atomic E-state index is 12.1. The van der Waals surface area contributed by atoms with Crippen molar-refractivity contribution in [1.29, 1.82) is 5.26 Å². The summed E-state index contributed by atoms with van der Waals surface area (Å²) in [6.07, 6.45) is 0. The van der Waals surface area contributed by atoms with Crippen LogP contribution in [-0.2, 0) is 4.79 Å². The van der Waals surface area contributed by atoms with E-state index >= 15 is 0 Å². The zero-order chi connectivity index (χ0) is 13.1. The van der Waals surface area contributed by atoms with Crippen LogP contribution in [0, 0.1) is 23.2 Å². The zero-order valence-corrected chi connectivity index (χ0v) is 11.6. The molecule has 1 heterocycles. The SMILES string of the molecule is C[C@@H]1CNC[C@H]1C(=O)Nc1ccc(C#N)cc1Br. The number of carbonyl (C=O) groups is 1. The number of anilines is 1. The molecule has 5 heteroatoms. The Morgan fingerprint density at radius 2 is 2.33 bits per heavy atom. The highest BCUT2D eigenvalue weighted by molar-refractivity contribution is 9.10. The molecule has 2 rings (SSSR count). The smallest absolute Gasteiger partial charge is 0.229 e. The summed E-state index contributed by atoms with van der Waals surface area (Å²) in [7, 11) is 0. The van der Waals surface area contributed by atoms with Gasteiger partial charge in [0.1, 0.15) is 0 Å². The Hall–Kier alpha value is -1.38. The molecular formula is C13H14BrN3O. The molecule has 0 radical (unpaired) electrons. The number of amides is 1. The second kappa shape index (κ2) is 5.51. The van der Waals surface area contributed by atoms with Gasteiger partial charge in [-0.15, -0.1) is 0 Å². The van der Waals surface area contributed by atoms with Crippen molar-refractivity contribution in [3.63, 3.8) is 0 Å². The number of rotatable bonds is 2. The number of hydrogen-bond acceptors (Lipinski definition) is 3. The number of hydrogen-bond donors (Lipinski definition) is 2. The first-order valence-electron chi connectivity index (χ1n) is 5.83. The fourth-order valence-electron chi connectivity index (χ4n) is 2.07. The summed E-state index contributed by atoms with van der Waals surface area (Å²) in [5.74, 6) is 0.382. The summed E-state index contributed by atoms with van der Waals surface area (Å²) >= 11 is 3.36. The lowest BCUT2D eigenvalue weighted by Gasteiger charge is -2.15. The molecule has 1 aromatic rings. The van der Waals surface area contributed by atoms with E-state index in [0.717, 1.165) is 17.6 Å². The van der Waals surface area contributed by atoms with Crippen molar-refractivity contribution >= 4 is 27.5 Å². The van der Waals surface area contributed by atoms with Crippen LogP contribution in [0.4, 0.5) is 5.69 Å². The lowest BCUT2D eigenvalue weighted by Crippen LogP contribution is -2.27. The predicted octanol–water partition coefficient (Wildman–Crippen LogP) is 2.11. The minimum absolute atomic E-state index is 0.00698. The molecule has 1 saturated heterocycles. The number of nitrogens with one attached hydrogen (secondary N) is 2. The largest absolute Gasteiger partial charge is 0.325 e. The van der Waals surface area contributed by atoms with Crippen LogP contribution >= 0.6 is 15.9 Å². The quantitative estimate of drug-likeness (QED) is 0.879. The van der Waals surface area contributed by atoms with Crippen LogP contribution in [0.1, 0.15) is 12.5 Å². The van der Waals surface area contributed by atoms with Crippen LogP contribution in [0.5, 0.6) is 0 Å². The molecule has 1 fully saturated rings. The van der Waals surface area contributed by atoms with Gasteiger partial charge in [0.2, 0.25) is 5.91 Å². The van der Waals surface area contributed by atoms with Crippen LogP contribution in [0.3, 0.4) is 0 Å². The third-order valence-corrected chi connectivity index (χ3v) is 3.87. The Labute approximate surface area is 115 Å². The van der Waals surface area contributed by atoms with Gasteiger partial charge in [-0.2, -0.15) is 5.26 Å². The van der Waals surface area contributed by atoms with Gasteiger partial charge in [0.05, 0.1) is 23.2 Å². The maximum absolute atomic E-state index is 12.1. The summed E-state index contributed by atoms with van der Waals surface area (Å²) < 4.78 is 0.730. The van der Waals surface area contributed by atoms with Gasteiger partial charge in [0.25, 0.3) is 0 Å². The second-order valence-corrected chi connectivity index (χ2v) is 5.39. The third-order valence-electron chi connectivity index (χ3n) is 3.21. The fraction of sp³-hybridized carbons (Fsp3) is 0.385. The number of benzene rings is 1. The van der Waals surface area contributed by atoms with Gasteiger partial charge in [-0.3, -0.25) is 4.79 Å². The number of halogens is 1. The Kier molecular flexibility index (Phi) is 4.00. The van der Waals surface area contributed by atoms with Gasteiger partial charge < -0.3 is 10.6 Å². The van der Waals surface area contributed by atoms with Crippen LogP contribution in [-0.4, -0.2) is 19.0 Å². The first-order chi connectivity index (χ1) is 8.61. The Balaban J connectivity index is 2.10. The maximum Gasteiger partial charge on any atom is 0.229 e. The molecule has 2 N–H and O–H groups in total. The Morgan fingerprint density at radius 1 is 1.56 bits per heavy atom. The van der Waals surface area contributed by atoms with E-state index in [2.05, 4.69) is 39.6 Å². The topological polar surface area (TPSA) is 64.9 Å². The Morgan fingerprint density at radius 3 is 2.89 bits per heavy atom. The number of nitriles is 1. The van der Waals surface area contributed by atoms with E-state index in [1.165, 1.54) is 0 Å². The van der Waals surface area contributed by atoms with Crippen molar-refractivity contribution < 1.29 is 4.79 Å². The van der Waals surface area contributed by atoms with Crippen LogP contribution in [0.2, 0.25) is 0 Å². The summed E-state index contributed by atoms with van der Waals surface area (Å²) in [4.78, 5) is 12.1. The molecule has 94 valence electrons. The van der Waals surface area contributed by atoms with E-state index in [9.17, 15) is 4.79 Å². The molecule has 1 aromatic carbocycles. The van der Waals surface area contributed by atoms with Gasteiger partial charge in [-0.1, -0.05) is 6.92 Å². The standard InChI is InChI=1S/C13H14BrN3O/c1-8-6-16-7-10(8)13(18)17-12-3-2-9(5-15)4-11(12)14/h2-4,8,10,16H,6-7H2,1H3,(H,17,18)/t8-,10-/m1/s1. The molecule has 4 nitrogen and oxygen atoms in total. The van der Waals surface area contributed by atoms with Crippen molar-refractivity contribution in [2.45, 2.75) is 6.92 Å². The van der Waals surface area contributed by atoms with Crippen LogP contribution in [0.25, 0.3) is 0 Å². The highest BCUT2D eigenvalue weighted by atomic mass is 79.9. The average Bonchev–Trinajstić information content (AvgIpc) is 2.78. The van der Waals surface area contributed by atoms with Gasteiger partial charge in [0, 0.05) is 11.0 Å². The highest BCUT2D eigenvalue weighted by Gasteiger charge is 2.29. The van der Waals surface area contributed by atoms with Crippen molar-refractivity contribution in [1.82, 2.24) is 5.32 Å². The molecule has 0 unspecified atom stereocenters. The van der Waals surface area contributed by atoms with Crippen LogP contribution in [0.15, 0.2) is 22.7 Å². The monoisotopic (exact) mass is 307 g/mol. The van der Waals surface area contributed by atoms with Crippen molar-refractivity contribution in [2.24, 2.45) is 11.8 Å². The summed E-state index contributed by atoms with van der Waals surface area (Å²) in [5, 5.41) is 14.9. The zero-order valence-electron chi connectivity index (χ0n) is 10.0. The van der Waals surface area contributed by atoms with Gasteiger partial charge in [-0.05, 0) is 46.6 Å². The van der Waals surface area contributed by atoms with Crippen LogP contribution < -0.4 is 10.6 Å². The second-order valence-electron chi connectivity index (χ2n) is 4.54. The van der Waals surface area contributed by atoms with Gasteiger partial charge in [0.15, 0.2) is 0 Å². The fourth-order valence-corrected chi connectivity index (χ4v) is 2.55. The first kappa shape index (κ1) is 13.1. The number of nitrogens with zero attached hydrogens (tertiary/aromatic N) is 1. The molecule has 2 atom stereocenters. The minimum Gasteiger partial charge on any atom is -0.325 e. The van der Waals surface area contributed by atoms with E-state index in [1.807, 2.05) is 0 Å². The van der Waals surface area contributed by atoms with E-state index in [4.69, 9.17) is 5.26 Å². The molecule has 18 heavy (non-hydrogen) atoms. The molecule has 0 saturated carbocycles. The highest BCUT2D eigenvalue weighted by Crippen LogP contribution is 2.25. The molecule has 1 aliphatic heterocycles. The first-order valence-corrected chi connectivity index (χ1v) is 6.62. The van der Waals surface area contributed by atoms with Gasteiger partial charge >= 0.3 is 0 Å². The predicted molar refractivity (Wildman–Crippen MR) is 73.0 cm³/mol. The molecule has 1 amide bonds. The lowest BCUT2D eigenvalue weighted by atomic mass is 9.97. The van der Waals surface area contributed by atoms with E-state index < -0.39 is 0 Å². The van der Waals surface area contributed by atoms with Crippen molar-refractivity contribution in [3.05, 3.63) is 28.2 Å². The minimum atomic E-state index is 0.00698. The van der Waals surface area contributed by atoms with E-state index in [0.29, 0.717) is 17.2 Å². The molecule has 0 aliphatic carbocycles. The lowest BCUT2D eigenvalue weighted by molar-refractivity contribution is -0.120. The average molecular weight is 308 g/mol. The molecule has 1 aliphatic rings. The molecular weight excluding hydrogens is 294 g/mol. The summed E-state index contributed by atoms with van der Waals surface area (Å²) in [5.41, 5.74) is 1.27. The Bertz CT molecular complexity index is 509. The summed E-state index contributed by atoms with van der Waals surface area (Å²) in [6, 6.07) is 7.19. The molecule has 0 bridgehead atoms. The van der Waals surface area contributed by atoms with Crippen molar-refractivity contribution in [3.8, 4) is 6.07 Å². The third kappa shape index (κ3) is 2.71.